The Morgan fingerprint density at radius 3 is 1.76 bits per heavy atom. The normalized spacial score (nSPS) is 10.2. The molecule has 0 N–H and O–H groups in total. The lowest BCUT2D eigenvalue weighted by molar-refractivity contribution is 0.0718. The molecule has 0 unspecified atom stereocenters. The van der Waals surface area contributed by atoms with E-state index in [4.69, 9.17) is 18.9 Å². The van der Waals surface area contributed by atoms with Crippen LogP contribution in [0.5, 0.6) is 23.3 Å². The van der Waals surface area contributed by atoms with Gasteiger partial charge in [-0.25, -0.2) is 19.6 Å². The third-order valence-corrected chi connectivity index (χ3v) is 3.92. The molecule has 0 radical (unpaired) electrons. The molecule has 29 heavy (non-hydrogen) atoms. The molecule has 8 heteroatoms. The van der Waals surface area contributed by atoms with E-state index in [1.54, 1.807) is 43.3 Å². The van der Waals surface area contributed by atoms with Crippen molar-refractivity contribution in [2.24, 2.45) is 0 Å². The number of aromatic nitrogens is 2. The van der Waals surface area contributed by atoms with Crippen molar-refractivity contribution >= 4 is 11.9 Å². The monoisotopic (exact) mass is 394 g/mol. The average Bonchev–Trinajstić information content (AvgIpc) is 2.75. The fourth-order valence-electron chi connectivity index (χ4n) is 2.37. The van der Waals surface area contributed by atoms with E-state index in [9.17, 15) is 9.59 Å². The second-order valence-electron chi connectivity index (χ2n) is 5.88. The number of ether oxygens (including phenoxy) is 4. The number of rotatable bonds is 6. The zero-order valence-corrected chi connectivity index (χ0v) is 16.0. The van der Waals surface area contributed by atoms with E-state index >= 15 is 0 Å². The number of carbonyl (C=O) groups is 2. The molecule has 1 aromatic carbocycles. The Balaban J connectivity index is 1.67. The van der Waals surface area contributed by atoms with Gasteiger partial charge in [-0.15, -0.1) is 0 Å². The first-order valence-electron chi connectivity index (χ1n) is 8.55. The first-order valence-corrected chi connectivity index (χ1v) is 8.55. The Hall–Kier alpha value is -3.94. The van der Waals surface area contributed by atoms with E-state index in [-0.39, 0.29) is 11.1 Å². The molecule has 0 saturated carbocycles. The molecule has 3 rings (SSSR count). The Labute approximate surface area is 167 Å². The molecule has 148 valence electrons. The maximum absolute atomic E-state index is 12.3. The molecule has 0 spiro atoms. The summed E-state index contributed by atoms with van der Waals surface area (Å²) in [5.41, 5.74) is 1.19. The molecule has 0 aliphatic rings. The van der Waals surface area contributed by atoms with Gasteiger partial charge in [-0.1, -0.05) is 0 Å². The van der Waals surface area contributed by atoms with E-state index in [1.807, 2.05) is 0 Å². The second kappa shape index (κ2) is 8.83. The third kappa shape index (κ3) is 4.86. The van der Waals surface area contributed by atoms with E-state index in [0.29, 0.717) is 28.8 Å². The fraction of sp³-hybridized carbons (Fsp3) is 0.143. The molecule has 0 bridgehead atoms. The van der Waals surface area contributed by atoms with Crippen molar-refractivity contribution < 1.29 is 28.5 Å². The van der Waals surface area contributed by atoms with Gasteiger partial charge in [0.15, 0.2) is 0 Å². The number of aryl methyl sites for hydroxylation is 1. The predicted octanol–water partition coefficient (Wildman–Crippen LogP) is 3.24. The summed E-state index contributed by atoms with van der Waals surface area (Å²) >= 11 is 0. The van der Waals surface area contributed by atoms with Gasteiger partial charge >= 0.3 is 11.9 Å². The summed E-state index contributed by atoms with van der Waals surface area (Å²) in [4.78, 5) is 32.4. The van der Waals surface area contributed by atoms with Crippen LogP contribution in [-0.2, 0) is 0 Å². The molecular formula is C21H18N2O6. The van der Waals surface area contributed by atoms with Crippen LogP contribution in [0.3, 0.4) is 0 Å². The highest BCUT2D eigenvalue weighted by molar-refractivity contribution is 5.91. The van der Waals surface area contributed by atoms with E-state index in [2.05, 4.69) is 9.97 Å². The van der Waals surface area contributed by atoms with Crippen LogP contribution in [0.4, 0.5) is 0 Å². The smallest absolute Gasteiger partial charge is 0.345 e. The summed E-state index contributed by atoms with van der Waals surface area (Å²) in [6.07, 6.45) is 2.74. The molecular weight excluding hydrogens is 376 g/mol. The number of methoxy groups -OCH3 is 2. The van der Waals surface area contributed by atoms with Gasteiger partial charge in [0, 0.05) is 24.5 Å². The van der Waals surface area contributed by atoms with Crippen molar-refractivity contribution in [1.82, 2.24) is 9.97 Å². The summed E-state index contributed by atoms with van der Waals surface area (Å²) < 4.78 is 20.6. The molecule has 0 fully saturated rings. The molecule has 0 atom stereocenters. The zero-order chi connectivity index (χ0) is 20.8. The van der Waals surface area contributed by atoms with Gasteiger partial charge in [-0.05, 0) is 42.8 Å². The summed E-state index contributed by atoms with van der Waals surface area (Å²) in [6.45, 7) is 1.74. The Kier molecular flexibility index (Phi) is 6.03. The van der Waals surface area contributed by atoms with Gasteiger partial charge in [0.05, 0.1) is 25.3 Å². The molecule has 0 saturated heterocycles. The lowest BCUT2D eigenvalue weighted by atomic mass is 10.2. The first kappa shape index (κ1) is 19.8. The second-order valence-corrected chi connectivity index (χ2v) is 5.88. The Morgan fingerprint density at radius 2 is 1.31 bits per heavy atom. The van der Waals surface area contributed by atoms with E-state index in [0.717, 1.165) is 0 Å². The van der Waals surface area contributed by atoms with Crippen LogP contribution in [0.2, 0.25) is 0 Å². The minimum Gasteiger partial charge on any atom is -0.481 e. The Bertz CT molecular complexity index is 1020. The first-order chi connectivity index (χ1) is 14.0. The minimum atomic E-state index is -0.561. The Morgan fingerprint density at radius 1 is 0.759 bits per heavy atom. The summed E-state index contributed by atoms with van der Waals surface area (Å²) in [6, 6.07) is 10.9. The lowest BCUT2D eigenvalue weighted by Gasteiger charge is -2.10. The van der Waals surface area contributed by atoms with Crippen LogP contribution in [0.1, 0.15) is 26.3 Å². The van der Waals surface area contributed by atoms with Crippen LogP contribution in [0, 0.1) is 6.92 Å². The molecule has 2 heterocycles. The third-order valence-electron chi connectivity index (χ3n) is 3.92. The molecule has 0 aliphatic carbocycles. The average molecular weight is 394 g/mol. The number of pyridine rings is 2. The van der Waals surface area contributed by atoms with Crippen LogP contribution >= 0.6 is 0 Å². The van der Waals surface area contributed by atoms with Crippen molar-refractivity contribution in [3.05, 3.63) is 71.5 Å². The van der Waals surface area contributed by atoms with Crippen LogP contribution in [0.15, 0.2) is 54.9 Å². The highest BCUT2D eigenvalue weighted by atomic mass is 16.5. The summed E-state index contributed by atoms with van der Waals surface area (Å²) in [7, 11) is 2.98. The standard InChI is InChI=1S/C21H18N2O6/c1-13-10-16(28-20(24)14-4-8-18(26-2)22-11-14)6-7-17(13)29-21(25)15-5-9-19(27-3)23-12-15/h4-12H,1-3H3. The van der Waals surface area contributed by atoms with Gasteiger partial charge in [-0.2, -0.15) is 0 Å². The van der Waals surface area contributed by atoms with Crippen molar-refractivity contribution in [3.63, 3.8) is 0 Å². The SMILES string of the molecule is COc1ccc(C(=O)Oc2ccc(OC(=O)c3ccc(OC)nc3)c(C)c2)cn1. The van der Waals surface area contributed by atoms with Gasteiger partial charge in [0.2, 0.25) is 11.8 Å². The van der Waals surface area contributed by atoms with Crippen molar-refractivity contribution in [3.8, 4) is 23.3 Å². The lowest BCUT2D eigenvalue weighted by Crippen LogP contribution is -2.11. The van der Waals surface area contributed by atoms with Crippen molar-refractivity contribution in [2.45, 2.75) is 6.92 Å². The highest BCUT2D eigenvalue weighted by Crippen LogP contribution is 2.25. The van der Waals surface area contributed by atoms with Crippen molar-refractivity contribution in [2.75, 3.05) is 14.2 Å². The molecule has 0 aliphatic heterocycles. The van der Waals surface area contributed by atoms with E-state index in [1.165, 1.54) is 32.7 Å². The van der Waals surface area contributed by atoms with Crippen LogP contribution in [0.25, 0.3) is 0 Å². The number of nitrogens with zero attached hydrogens (tertiary/aromatic N) is 2. The van der Waals surface area contributed by atoms with Crippen LogP contribution < -0.4 is 18.9 Å². The largest absolute Gasteiger partial charge is 0.481 e. The number of hydrogen-bond acceptors (Lipinski definition) is 8. The maximum atomic E-state index is 12.3. The topological polar surface area (TPSA) is 96.8 Å². The zero-order valence-electron chi connectivity index (χ0n) is 16.0. The van der Waals surface area contributed by atoms with Gasteiger partial charge < -0.3 is 18.9 Å². The predicted molar refractivity (Wildman–Crippen MR) is 103 cm³/mol. The summed E-state index contributed by atoms with van der Waals surface area (Å²) in [5.74, 6) is 0.337. The number of esters is 2. The quantitative estimate of drug-likeness (QED) is 0.464. The summed E-state index contributed by atoms with van der Waals surface area (Å²) in [5, 5.41) is 0. The molecule has 8 nitrogen and oxygen atoms in total. The highest BCUT2D eigenvalue weighted by Gasteiger charge is 2.14. The molecule has 3 aromatic rings. The van der Waals surface area contributed by atoms with E-state index < -0.39 is 11.9 Å². The number of benzene rings is 1. The number of hydrogen-bond donors (Lipinski definition) is 0. The number of carbonyl (C=O) groups excluding carboxylic acids is 2. The molecule has 2 aromatic heterocycles. The van der Waals surface area contributed by atoms with Gasteiger partial charge in [0.1, 0.15) is 11.5 Å². The van der Waals surface area contributed by atoms with Gasteiger partial charge in [0.25, 0.3) is 0 Å². The molecule has 0 amide bonds. The minimum absolute atomic E-state index is 0.283. The maximum Gasteiger partial charge on any atom is 0.345 e. The van der Waals surface area contributed by atoms with Gasteiger partial charge in [-0.3, -0.25) is 0 Å². The fourth-order valence-corrected chi connectivity index (χ4v) is 2.37. The van der Waals surface area contributed by atoms with Crippen LogP contribution in [-0.4, -0.2) is 36.1 Å². The van der Waals surface area contributed by atoms with Crippen molar-refractivity contribution in [1.29, 1.82) is 0 Å².